The van der Waals surface area contributed by atoms with Gasteiger partial charge in [0.05, 0.1) is 16.6 Å². The van der Waals surface area contributed by atoms with E-state index in [0.717, 1.165) is 11.3 Å². The molecule has 1 aromatic carbocycles. The Morgan fingerprint density at radius 2 is 2.25 bits per heavy atom. The van der Waals surface area contributed by atoms with Gasteiger partial charge >= 0.3 is 10.8 Å². The number of para-hydroxylation sites is 1. The zero-order chi connectivity index (χ0) is 11.7. The number of aliphatic carboxylic acids is 1. The maximum atomic E-state index is 13.5. The van der Waals surface area contributed by atoms with Crippen LogP contribution in [0.2, 0.25) is 0 Å². The Hall–Kier alpha value is -1.69. The number of carboxylic acids is 1. The van der Waals surface area contributed by atoms with Gasteiger partial charge in [-0.25, -0.2) is 4.39 Å². The van der Waals surface area contributed by atoms with Crippen LogP contribution in [0.25, 0.3) is 10.2 Å². The van der Waals surface area contributed by atoms with Gasteiger partial charge in [0.2, 0.25) is 0 Å². The van der Waals surface area contributed by atoms with E-state index >= 15 is 0 Å². The highest BCUT2D eigenvalue weighted by molar-refractivity contribution is 7.16. The van der Waals surface area contributed by atoms with Crippen molar-refractivity contribution >= 4 is 27.5 Å². The highest BCUT2D eigenvalue weighted by atomic mass is 32.1. The summed E-state index contributed by atoms with van der Waals surface area (Å²) in [5.74, 6) is -1.51. The minimum atomic E-state index is -1.01. The molecule has 0 atom stereocenters. The van der Waals surface area contributed by atoms with Crippen molar-refractivity contribution < 1.29 is 14.3 Å². The summed E-state index contributed by atoms with van der Waals surface area (Å²) in [4.78, 5) is 21.6. The Kier molecular flexibility index (Phi) is 2.74. The summed E-state index contributed by atoms with van der Waals surface area (Å²) < 4.78 is 15.2. The van der Waals surface area contributed by atoms with Crippen LogP contribution in [0.15, 0.2) is 23.0 Å². The van der Waals surface area contributed by atoms with Crippen LogP contribution in [-0.4, -0.2) is 15.6 Å². The number of aromatic nitrogens is 1. The Labute approximate surface area is 93.6 Å². The number of fused-ring (bicyclic) bond motifs is 1. The molecule has 2 aromatic rings. The lowest BCUT2D eigenvalue weighted by atomic mass is 10.3. The van der Waals surface area contributed by atoms with Gasteiger partial charge in [0, 0.05) is 6.54 Å². The average Bonchev–Trinajstić information content (AvgIpc) is 2.52. The zero-order valence-corrected chi connectivity index (χ0v) is 8.96. The van der Waals surface area contributed by atoms with E-state index in [1.54, 1.807) is 6.07 Å². The Morgan fingerprint density at radius 3 is 2.94 bits per heavy atom. The Morgan fingerprint density at radius 1 is 1.50 bits per heavy atom. The van der Waals surface area contributed by atoms with Gasteiger partial charge in [-0.15, -0.1) is 0 Å². The smallest absolute Gasteiger partial charge is 0.308 e. The van der Waals surface area contributed by atoms with Crippen molar-refractivity contribution in [1.29, 1.82) is 0 Å². The molecular weight excluding hydrogens is 233 g/mol. The van der Waals surface area contributed by atoms with Crippen molar-refractivity contribution in [3.63, 3.8) is 0 Å². The number of aryl methyl sites for hydroxylation is 1. The number of nitrogens with zero attached hydrogens (tertiary/aromatic N) is 1. The molecule has 0 radical (unpaired) electrons. The first kappa shape index (κ1) is 10.8. The fourth-order valence-corrected chi connectivity index (χ4v) is 2.42. The van der Waals surface area contributed by atoms with Crippen molar-refractivity contribution in [2.24, 2.45) is 0 Å². The van der Waals surface area contributed by atoms with Gasteiger partial charge < -0.3 is 5.11 Å². The third-order valence-electron chi connectivity index (χ3n) is 2.19. The van der Waals surface area contributed by atoms with Gasteiger partial charge in [0.15, 0.2) is 0 Å². The van der Waals surface area contributed by atoms with Gasteiger partial charge in [-0.2, -0.15) is 0 Å². The van der Waals surface area contributed by atoms with Crippen LogP contribution in [0.5, 0.6) is 0 Å². The Bertz CT molecular complexity index is 602. The van der Waals surface area contributed by atoms with E-state index in [1.165, 1.54) is 16.7 Å². The molecule has 0 spiro atoms. The molecule has 0 aliphatic rings. The van der Waals surface area contributed by atoms with Gasteiger partial charge in [-0.05, 0) is 12.1 Å². The van der Waals surface area contributed by atoms with Crippen LogP contribution in [0, 0.1) is 5.82 Å². The summed E-state index contributed by atoms with van der Waals surface area (Å²) >= 11 is 0.919. The number of hydrogen-bond donors (Lipinski definition) is 1. The summed E-state index contributed by atoms with van der Waals surface area (Å²) in [5, 5.41) is 8.54. The number of carbonyl (C=O) groups is 1. The second kappa shape index (κ2) is 4.05. The number of rotatable bonds is 3. The molecule has 0 amide bonds. The largest absolute Gasteiger partial charge is 0.481 e. The minimum absolute atomic E-state index is 0.00486. The van der Waals surface area contributed by atoms with Crippen LogP contribution in [0.4, 0.5) is 4.39 Å². The topological polar surface area (TPSA) is 59.3 Å². The normalized spacial score (nSPS) is 10.8. The number of benzene rings is 1. The second-order valence-electron chi connectivity index (χ2n) is 3.25. The van der Waals surface area contributed by atoms with Gasteiger partial charge in [-0.1, -0.05) is 17.4 Å². The van der Waals surface area contributed by atoms with E-state index < -0.39 is 11.8 Å². The molecular formula is C10H8FNO3S. The van der Waals surface area contributed by atoms with E-state index in [0.29, 0.717) is 4.70 Å². The van der Waals surface area contributed by atoms with Crippen molar-refractivity contribution in [3.05, 3.63) is 33.7 Å². The summed E-state index contributed by atoms with van der Waals surface area (Å²) in [6.07, 6.45) is -0.194. The summed E-state index contributed by atoms with van der Waals surface area (Å²) in [6.45, 7) is -0.00486. The highest BCUT2D eigenvalue weighted by Gasteiger charge is 2.12. The van der Waals surface area contributed by atoms with Crippen LogP contribution in [0.1, 0.15) is 6.42 Å². The molecule has 0 bridgehead atoms. The number of carboxylic acid groups (broad SMARTS) is 1. The molecule has 0 saturated heterocycles. The molecule has 1 aromatic heterocycles. The molecule has 0 fully saturated rings. The van der Waals surface area contributed by atoms with Gasteiger partial charge in [0.25, 0.3) is 0 Å². The fraction of sp³-hybridized carbons (Fsp3) is 0.200. The lowest BCUT2D eigenvalue weighted by molar-refractivity contribution is -0.137. The van der Waals surface area contributed by atoms with Crippen LogP contribution >= 0.6 is 11.3 Å². The highest BCUT2D eigenvalue weighted by Crippen LogP contribution is 2.20. The standard InChI is InChI=1S/C10H8FNO3S/c11-6-2-1-3-7-9(6)12(10(15)16-7)5-4-8(13)14/h1-3H,4-5H2,(H,13,14). The molecule has 0 aliphatic heterocycles. The van der Waals surface area contributed by atoms with Gasteiger partial charge in [0.1, 0.15) is 5.82 Å². The molecule has 4 nitrogen and oxygen atoms in total. The van der Waals surface area contributed by atoms with Crippen molar-refractivity contribution in [2.75, 3.05) is 0 Å². The van der Waals surface area contributed by atoms with E-state index in [2.05, 4.69) is 0 Å². The monoisotopic (exact) mass is 241 g/mol. The number of halogens is 1. The first-order chi connectivity index (χ1) is 7.59. The van der Waals surface area contributed by atoms with Gasteiger partial charge in [-0.3, -0.25) is 14.2 Å². The van der Waals surface area contributed by atoms with Crippen LogP contribution in [-0.2, 0) is 11.3 Å². The molecule has 6 heteroatoms. The predicted octanol–water partition coefficient (Wildman–Crippen LogP) is 1.68. The first-order valence-corrected chi connectivity index (χ1v) is 5.41. The molecule has 1 N–H and O–H groups in total. The summed E-state index contributed by atoms with van der Waals surface area (Å²) in [6, 6.07) is 4.42. The lowest BCUT2D eigenvalue weighted by Gasteiger charge is -2.01. The predicted molar refractivity (Wildman–Crippen MR) is 58.3 cm³/mol. The van der Waals surface area contributed by atoms with E-state index in [1.807, 2.05) is 0 Å². The molecule has 16 heavy (non-hydrogen) atoms. The van der Waals surface area contributed by atoms with E-state index in [-0.39, 0.29) is 23.4 Å². The third kappa shape index (κ3) is 1.83. The van der Waals surface area contributed by atoms with Crippen molar-refractivity contribution in [2.45, 2.75) is 13.0 Å². The molecule has 0 saturated carbocycles. The average molecular weight is 241 g/mol. The SMILES string of the molecule is O=C(O)CCn1c(=O)sc2cccc(F)c21. The molecule has 2 rings (SSSR count). The number of thiazole rings is 1. The molecule has 84 valence electrons. The quantitative estimate of drug-likeness (QED) is 0.889. The first-order valence-electron chi connectivity index (χ1n) is 4.59. The van der Waals surface area contributed by atoms with Crippen LogP contribution in [0.3, 0.4) is 0 Å². The molecule has 0 aliphatic carbocycles. The minimum Gasteiger partial charge on any atom is -0.481 e. The zero-order valence-electron chi connectivity index (χ0n) is 8.14. The molecule has 0 unspecified atom stereocenters. The second-order valence-corrected chi connectivity index (χ2v) is 4.24. The summed E-state index contributed by atoms with van der Waals surface area (Å²) in [5.41, 5.74) is 0.193. The maximum Gasteiger partial charge on any atom is 0.308 e. The molecule has 1 heterocycles. The lowest BCUT2D eigenvalue weighted by Crippen LogP contribution is -2.15. The van der Waals surface area contributed by atoms with E-state index in [4.69, 9.17) is 5.11 Å². The van der Waals surface area contributed by atoms with E-state index in [9.17, 15) is 14.0 Å². The number of hydrogen-bond acceptors (Lipinski definition) is 3. The van der Waals surface area contributed by atoms with Crippen molar-refractivity contribution in [3.8, 4) is 0 Å². The summed E-state index contributed by atoms with van der Waals surface area (Å²) in [7, 11) is 0. The third-order valence-corrected chi connectivity index (χ3v) is 3.13. The Balaban J connectivity index is 2.55. The fourth-order valence-electron chi connectivity index (χ4n) is 1.49. The van der Waals surface area contributed by atoms with Crippen LogP contribution < -0.4 is 4.87 Å². The van der Waals surface area contributed by atoms with Crippen molar-refractivity contribution in [1.82, 2.24) is 4.57 Å². The maximum absolute atomic E-state index is 13.5.